The molecule has 82 heavy (non-hydrogen) atoms. The molecule has 1 aliphatic carbocycles. The normalized spacial score (nSPS) is 22.4. The summed E-state index contributed by atoms with van der Waals surface area (Å²) in [6.45, 7) is 1.39. The molecule has 442 valence electrons. The lowest BCUT2D eigenvalue weighted by atomic mass is 9.83. The Morgan fingerprint density at radius 1 is 0.671 bits per heavy atom. The summed E-state index contributed by atoms with van der Waals surface area (Å²) in [6, 6.07) is 6.94. The number of rotatable bonds is 15. The number of guanidine groups is 1. The fourth-order valence-electron chi connectivity index (χ4n) is 10.1. The van der Waals surface area contributed by atoms with Crippen molar-refractivity contribution in [1.29, 1.82) is 0 Å². The number of benzene rings is 2. The number of carbonyl (C=O) groups is 10. The molecule has 4 aromatic rings. The highest BCUT2D eigenvalue weighted by Crippen LogP contribution is 2.27. The van der Waals surface area contributed by atoms with Crippen LogP contribution in [-0.4, -0.2) is 142 Å². The number of imidazole rings is 1. The van der Waals surface area contributed by atoms with Gasteiger partial charge in [0.15, 0.2) is 5.96 Å². The van der Waals surface area contributed by atoms with Crippen LogP contribution in [0.15, 0.2) is 78.3 Å². The van der Waals surface area contributed by atoms with Gasteiger partial charge in [-0.25, -0.2) is 4.98 Å². The Bertz CT molecular complexity index is 2850. The van der Waals surface area contributed by atoms with E-state index in [0.717, 1.165) is 30.2 Å². The first-order valence-electron chi connectivity index (χ1n) is 28.0. The number of hydrogen-bond acceptors (Lipinski definition) is 12. The molecule has 0 bridgehead atoms. The molecule has 3 heterocycles. The highest BCUT2D eigenvalue weighted by Gasteiger charge is 2.37. The van der Waals surface area contributed by atoms with Crippen molar-refractivity contribution in [2.75, 3.05) is 19.6 Å². The van der Waals surface area contributed by atoms with E-state index in [4.69, 9.17) is 17.2 Å². The molecule has 26 heteroatoms. The van der Waals surface area contributed by atoms with E-state index in [9.17, 15) is 47.9 Å². The Hall–Kier alpha value is -8.84. The Balaban J connectivity index is 1.35. The summed E-state index contributed by atoms with van der Waals surface area (Å²) in [5, 5.41) is 25.5. The van der Waals surface area contributed by atoms with E-state index in [1.165, 1.54) is 19.4 Å². The van der Waals surface area contributed by atoms with Gasteiger partial charge in [0.2, 0.25) is 59.1 Å². The van der Waals surface area contributed by atoms with Gasteiger partial charge in [-0.2, -0.15) is 0 Å². The van der Waals surface area contributed by atoms with Crippen molar-refractivity contribution < 1.29 is 47.9 Å². The van der Waals surface area contributed by atoms with Crippen molar-refractivity contribution in [3.8, 4) is 0 Å². The van der Waals surface area contributed by atoms with Crippen LogP contribution >= 0.6 is 0 Å². The molecule has 1 saturated carbocycles. The number of aromatic nitrogens is 3. The number of fused-ring (bicyclic) bond motifs is 1. The molecule has 7 atom stereocenters. The maximum Gasteiger partial charge on any atom is 0.243 e. The van der Waals surface area contributed by atoms with Crippen molar-refractivity contribution in [2.45, 2.75) is 152 Å². The zero-order valence-corrected chi connectivity index (χ0v) is 46.2. The molecule has 0 radical (unpaired) electrons. The van der Waals surface area contributed by atoms with Crippen LogP contribution in [0.1, 0.15) is 107 Å². The number of primary amides is 1. The summed E-state index contributed by atoms with van der Waals surface area (Å²) in [7, 11) is 0. The van der Waals surface area contributed by atoms with Crippen LogP contribution in [0.2, 0.25) is 0 Å². The summed E-state index contributed by atoms with van der Waals surface area (Å²) >= 11 is 0. The van der Waals surface area contributed by atoms with Gasteiger partial charge in [-0.3, -0.25) is 52.9 Å². The number of H-pyrrole nitrogens is 2. The van der Waals surface area contributed by atoms with Crippen LogP contribution < -0.4 is 65.1 Å². The maximum absolute atomic E-state index is 14.8. The molecule has 1 unspecified atom stereocenters. The average molecular weight is 1140 g/mol. The van der Waals surface area contributed by atoms with Gasteiger partial charge in [-0.05, 0) is 74.5 Å². The Morgan fingerprint density at radius 3 is 2.01 bits per heavy atom. The SMILES string of the molecule is CC(=O)NC(C(=O)N[C@H]1CC(=O)NCCCC[C@@H](C(N)=O)NC(=O)CCCNC(=O)[C@H](Cc2c[nH]c3ccccc23)NC(=O)[C@H](CCCN=C(N)N)NC(=O)[C@@H](Cc2ccccc2)NC(=O)[C@H](Cc2cnc[nH]2)NC1=O)C1CCCCC1. The Kier molecular flexibility index (Phi) is 24.2. The predicted molar refractivity (Wildman–Crippen MR) is 303 cm³/mol. The van der Waals surface area contributed by atoms with Gasteiger partial charge >= 0.3 is 0 Å². The third-order valence-electron chi connectivity index (χ3n) is 14.4. The molecule has 26 nitrogen and oxygen atoms in total. The number of carbonyl (C=O) groups excluding carboxylic acids is 10. The third kappa shape index (κ3) is 20.1. The first-order chi connectivity index (χ1) is 39.4. The highest BCUT2D eigenvalue weighted by atomic mass is 16.2. The summed E-state index contributed by atoms with van der Waals surface area (Å²) in [6.07, 6.45) is 8.34. The first-order valence-corrected chi connectivity index (χ1v) is 28.0. The Morgan fingerprint density at radius 2 is 1.32 bits per heavy atom. The number of nitrogens with two attached hydrogens (primary N) is 3. The molecule has 1 aliphatic heterocycles. The molecular weight excluding hydrogens is 1060 g/mol. The number of aliphatic imine (C=N–C) groups is 1. The number of nitrogens with zero attached hydrogens (tertiary/aromatic N) is 2. The van der Waals surface area contributed by atoms with Gasteiger partial charge in [0, 0.05) is 81.2 Å². The van der Waals surface area contributed by atoms with E-state index in [2.05, 4.69) is 67.8 Å². The largest absolute Gasteiger partial charge is 0.370 e. The topological polar surface area (TPSA) is 414 Å². The molecule has 2 aromatic heterocycles. The van der Waals surface area contributed by atoms with Crippen molar-refractivity contribution >= 4 is 75.9 Å². The van der Waals surface area contributed by atoms with E-state index in [-0.39, 0.29) is 82.9 Å². The standard InChI is InChI=1S/C56H78N16O10/c1-33(73)66-48(35-16-6-3-7-17-35)55(82)72-45-29-47(75)61-23-11-10-20-40(49(57)76)67-46(74)22-13-24-62-50(77)43(27-36-30-64-39-19-9-8-18-38(36)39)70-51(78)41(21-12-25-63-56(58)59)68-52(79)42(26-34-14-4-2-5-15-34)69-53(80)44(71-54(45)81)28-37-31-60-32-65-37/h2,4-5,8-9,14-15,18-19,30-32,35,40-45,48,64H,3,6-7,10-13,16-17,20-29H2,1H3,(H2,57,76)(H,60,65)(H,61,75)(H,62,77)(H,66,73)(H,67,74)(H,68,79)(H,69,80)(H,70,78)(H,71,81)(H,72,82)(H4,58,59,63)/t40-,41-,42+,43-,44-,45-,48?/m0/s1. The van der Waals surface area contributed by atoms with Gasteiger partial charge < -0.3 is 75.0 Å². The van der Waals surface area contributed by atoms with Gasteiger partial charge in [0.05, 0.1) is 12.7 Å². The van der Waals surface area contributed by atoms with Crippen molar-refractivity contribution in [1.82, 2.24) is 62.8 Å². The molecule has 2 fully saturated rings. The summed E-state index contributed by atoms with van der Waals surface area (Å²) < 4.78 is 0. The molecule has 10 amide bonds. The molecule has 2 aromatic carbocycles. The molecule has 6 rings (SSSR count). The number of hydrogen-bond donors (Lipinski definition) is 14. The number of para-hydroxylation sites is 1. The summed E-state index contributed by atoms with van der Waals surface area (Å²) in [4.78, 5) is 153. The maximum atomic E-state index is 14.8. The van der Waals surface area contributed by atoms with Crippen LogP contribution in [0.4, 0.5) is 0 Å². The lowest BCUT2D eigenvalue weighted by Crippen LogP contribution is -2.61. The summed E-state index contributed by atoms with van der Waals surface area (Å²) in [5.41, 5.74) is 19.4. The molecular formula is C56H78N16O10. The van der Waals surface area contributed by atoms with Gasteiger partial charge in [-0.15, -0.1) is 0 Å². The van der Waals surface area contributed by atoms with Gasteiger partial charge in [-0.1, -0.05) is 67.8 Å². The monoisotopic (exact) mass is 1130 g/mol. The molecule has 1 saturated heterocycles. The molecule has 0 spiro atoms. The van der Waals surface area contributed by atoms with E-state index in [0.29, 0.717) is 42.5 Å². The lowest BCUT2D eigenvalue weighted by Gasteiger charge is -2.31. The predicted octanol–water partition coefficient (Wildman–Crippen LogP) is -0.962. The van der Waals surface area contributed by atoms with E-state index >= 15 is 0 Å². The number of aromatic amines is 2. The second-order valence-corrected chi connectivity index (χ2v) is 20.8. The van der Waals surface area contributed by atoms with Crippen molar-refractivity contribution in [3.63, 3.8) is 0 Å². The fraction of sp³-hybridized carbons (Fsp3) is 0.500. The summed E-state index contributed by atoms with van der Waals surface area (Å²) in [5.74, 6) is -7.60. The zero-order chi connectivity index (χ0) is 59.0. The van der Waals surface area contributed by atoms with Crippen LogP contribution in [0.5, 0.6) is 0 Å². The third-order valence-corrected chi connectivity index (χ3v) is 14.4. The van der Waals surface area contributed by atoms with Crippen LogP contribution in [-0.2, 0) is 67.2 Å². The van der Waals surface area contributed by atoms with Crippen molar-refractivity contribution in [2.24, 2.45) is 28.1 Å². The average Bonchev–Trinajstić information content (AvgIpc) is 4.28. The van der Waals surface area contributed by atoms with Crippen molar-refractivity contribution in [3.05, 3.63) is 90.1 Å². The van der Waals surface area contributed by atoms with E-state index < -0.39 is 108 Å². The van der Waals surface area contributed by atoms with Gasteiger partial charge in [0.1, 0.15) is 42.3 Å². The fourth-order valence-corrected chi connectivity index (χ4v) is 10.1. The van der Waals surface area contributed by atoms with Crippen LogP contribution in [0.25, 0.3) is 10.9 Å². The number of nitrogens with one attached hydrogen (secondary N) is 11. The highest BCUT2D eigenvalue weighted by molar-refractivity contribution is 5.99. The Labute approximate surface area is 475 Å². The minimum atomic E-state index is -1.60. The molecule has 2 aliphatic rings. The van der Waals surface area contributed by atoms with Crippen LogP contribution in [0, 0.1) is 5.92 Å². The lowest BCUT2D eigenvalue weighted by molar-refractivity contribution is -0.136. The second-order valence-electron chi connectivity index (χ2n) is 20.8. The quantitative estimate of drug-likeness (QED) is 0.0388. The first kappa shape index (κ1) is 62.4. The second kappa shape index (κ2) is 31.8. The van der Waals surface area contributed by atoms with Gasteiger partial charge in [0.25, 0.3) is 0 Å². The zero-order valence-electron chi connectivity index (χ0n) is 46.2. The smallest absolute Gasteiger partial charge is 0.243 e. The molecule has 17 N–H and O–H groups in total. The number of amides is 10. The minimum Gasteiger partial charge on any atom is -0.370 e. The minimum absolute atomic E-state index is 0.00220. The van der Waals surface area contributed by atoms with Crippen LogP contribution in [0.3, 0.4) is 0 Å². The van der Waals surface area contributed by atoms with E-state index in [1.807, 2.05) is 24.3 Å². The van der Waals surface area contributed by atoms with E-state index in [1.54, 1.807) is 36.5 Å².